The van der Waals surface area contributed by atoms with Crippen LogP contribution in [0.25, 0.3) is 0 Å². The number of rotatable bonds is 7. The van der Waals surface area contributed by atoms with Gasteiger partial charge in [-0.3, -0.25) is 9.59 Å². The number of carbonyl (C=O) groups is 2. The first-order valence-corrected chi connectivity index (χ1v) is 6.43. The Bertz CT molecular complexity index is 319. The van der Waals surface area contributed by atoms with Crippen LogP contribution in [0.2, 0.25) is 0 Å². The van der Waals surface area contributed by atoms with Gasteiger partial charge in [0.1, 0.15) is 5.60 Å². The lowest BCUT2D eigenvalue weighted by Crippen LogP contribution is -2.50. The zero-order chi connectivity index (χ0) is 13.8. The number of hydrogen-bond acceptors (Lipinski definition) is 3. The molecule has 2 N–H and O–H groups in total. The van der Waals surface area contributed by atoms with E-state index >= 15 is 0 Å². The van der Waals surface area contributed by atoms with E-state index in [2.05, 4.69) is 5.32 Å². The maximum atomic E-state index is 12.0. The van der Waals surface area contributed by atoms with Gasteiger partial charge in [0.05, 0.1) is 6.42 Å². The molecular formula is C13H23NO4. The predicted molar refractivity (Wildman–Crippen MR) is 67.3 cm³/mol. The topological polar surface area (TPSA) is 75.6 Å². The van der Waals surface area contributed by atoms with E-state index in [4.69, 9.17) is 9.84 Å². The van der Waals surface area contributed by atoms with Gasteiger partial charge in [-0.2, -0.15) is 0 Å². The second-order valence-corrected chi connectivity index (χ2v) is 5.40. The first-order chi connectivity index (χ1) is 8.37. The summed E-state index contributed by atoms with van der Waals surface area (Å²) in [7, 11) is 1.51. The molecule has 1 saturated carbocycles. The summed E-state index contributed by atoms with van der Waals surface area (Å²) in [5.41, 5.74) is -1.07. The van der Waals surface area contributed by atoms with Gasteiger partial charge >= 0.3 is 5.97 Å². The van der Waals surface area contributed by atoms with E-state index in [0.717, 1.165) is 19.3 Å². The van der Waals surface area contributed by atoms with Crippen molar-refractivity contribution in [2.45, 2.75) is 51.6 Å². The number of carbonyl (C=O) groups excluding carboxylic acids is 1. The van der Waals surface area contributed by atoms with Crippen LogP contribution in [-0.2, 0) is 14.3 Å². The van der Waals surface area contributed by atoms with Crippen LogP contribution in [-0.4, -0.2) is 36.2 Å². The van der Waals surface area contributed by atoms with Crippen molar-refractivity contribution in [2.75, 3.05) is 13.7 Å². The lowest BCUT2D eigenvalue weighted by atomic mass is 9.66. The normalized spacial score (nSPS) is 20.6. The van der Waals surface area contributed by atoms with Gasteiger partial charge in [0, 0.05) is 13.7 Å². The second kappa shape index (κ2) is 5.69. The molecule has 1 unspecified atom stereocenters. The Morgan fingerprint density at radius 2 is 2.06 bits per heavy atom. The summed E-state index contributed by atoms with van der Waals surface area (Å²) in [6.07, 6.45) is 3.49. The molecule has 1 rings (SSSR count). The van der Waals surface area contributed by atoms with Crippen LogP contribution in [0.5, 0.6) is 0 Å². The fourth-order valence-electron chi connectivity index (χ4n) is 2.27. The van der Waals surface area contributed by atoms with Crippen molar-refractivity contribution >= 4 is 11.9 Å². The van der Waals surface area contributed by atoms with Gasteiger partial charge in [-0.1, -0.05) is 13.3 Å². The second-order valence-electron chi connectivity index (χ2n) is 5.40. The van der Waals surface area contributed by atoms with Crippen LogP contribution < -0.4 is 5.32 Å². The summed E-state index contributed by atoms with van der Waals surface area (Å²) in [5.74, 6) is -0.960. The molecule has 0 heterocycles. The van der Waals surface area contributed by atoms with Gasteiger partial charge in [0.25, 0.3) is 5.91 Å². The largest absolute Gasteiger partial charge is 0.481 e. The molecule has 0 aromatic rings. The maximum Gasteiger partial charge on any atom is 0.303 e. The molecule has 1 aliphatic carbocycles. The van der Waals surface area contributed by atoms with Crippen molar-refractivity contribution in [3.8, 4) is 0 Å². The molecule has 1 fully saturated rings. The molecule has 0 aromatic carbocycles. The Morgan fingerprint density at radius 1 is 1.44 bits per heavy atom. The van der Waals surface area contributed by atoms with Crippen LogP contribution in [0, 0.1) is 5.41 Å². The molecule has 1 aliphatic rings. The van der Waals surface area contributed by atoms with Gasteiger partial charge in [-0.15, -0.1) is 0 Å². The quantitative estimate of drug-likeness (QED) is 0.725. The van der Waals surface area contributed by atoms with E-state index in [1.165, 1.54) is 7.11 Å². The molecule has 0 radical (unpaired) electrons. The van der Waals surface area contributed by atoms with E-state index in [0.29, 0.717) is 13.0 Å². The van der Waals surface area contributed by atoms with Crippen molar-refractivity contribution in [1.82, 2.24) is 5.32 Å². The van der Waals surface area contributed by atoms with Crippen LogP contribution in [0.4, 0.5) is 0 Å². The van der Waals surface area contributed by atoms with Gasteiger partial charge in [-0.25, -0.2) is 0 Å². The maximum absolute atomic E-state index is 12.0. The van der Waals surface area contributed by atoms with Crippen molar-refractivity contribution in [1.29, 1.82) is 0 Å². The summed E-state index contributed by atoms with van der Waals surface area (Å²) in [5, 5.41) is 11.7. The smallest absolute Gasteiger partial charge is 0.303 e. The Hall–Kier alpha value is -1.10. The highest BCUT2D eigenvalue weighted by atomic mass is 16.5. The number of aliphatic carboxylic acids is 1. The number of amides is 1. The predicted octanol–water partition coefficient (Wildman–Crippen LogP) is 1.56. The molecule has 5 heteroatoms. The third-order valence-electron chi connectivity index (χ3n) is 4.17. The Morgan fingerprint density at radius 3 is 2.39 bits per heavy atom. The number of ether oxygens (including phenoxy) is 1. The molecule has 1 amide bonds. The molecule has 0 aliphatic heterocycles. The summed E-state index contributed by atoms with van der Waals surface area (Å²) in [6, 6.07) is 0. The highest BCUT2D eigenvalue weighted by Gasteiger charge is 2.40. The average molecular weight is 257 g/mol. The lowest BCUT2D eigenvalue weighted by Gasteiger charge is -2.41. The summed E-state index contributed by atoms with van der Waals surface area (Å²) in [4.78, 5) is 22.8. The van der Waals surface area contributed by atoms with E-state index in [1.54, 1.807) is 6.92 Å². The van der Waals surface area contributed by atoms with Gasteiger partial charge in [0.15, 0.2) is 0 Å². The van der Waals surface area contributed by atoms with Crippen LogP contribution in [0.15, 0.2) is 0 Å². The number of hydrogen-bond donors (Lipinski definition) is 2. The van der Waals surface area contributed by atoms with E-state index in [9.17, 15) is 9.59 Å². The first kappa shape index (κ1) is 15.0. The van der Waals surface area contributed by atoms with E-state index in [-0.39, 0.29) is 17.7 Å². The fourth-order valence-corrected chi connectivity index (χ4v) is 2.27. The Labute approximate surface area is 108 Å². The van der Waals surface area contributed by atoms with Crippen LogP contribution in [0.1, 0.15) is 46.0 Å². The van der Waals surface area contributed by atoms with Gasteiger partial charge in [0.2, 0.25) is 0 Å². The average Bonchev–Trinajstić information content (AvgIpc) is 2.30. The zero-order valence-electron chi connectivity index (χ0n) is 11.4. The minimum atomic E-state index is -0.825. The number of methoxy groups -OCH3 is 1. The molecular weight excluding hydrogens is 234 g/mol. The Balaban J connectivity index is 2.53. The minimum absolute atomic E-state index is 0.128. The van der Waals surface area contributed by atoms with Gasteiger partial charge < -0.3 is 15.2 Å². The van der Waals surface area contributed by atoms with Gasteiger partial charge in [-0.05, 0) is 31.6 Å². The monoisotopic (exact) mass is 257 g/mol. The number of nitrogens with one attached hydrogen (secondary N) is 1. The SMILES string of the molecule is CCC(C)(OC)C(=O)NCC1(CC(=O)O)CCC1. The highest BCUT2D eigenvalue weighted by Crippen LogP contribution is 2.43. The molecule has 104 valence electrons. The minimum Gasteiger partial charge on any atom is -0.481 e. The third-order valence-corrected chi connectivity index (χ3v) is 4.17. The fraction of sp³-hybridized carbons (Fsp3) is 0.846. The molecule has 1 atom stereocenters. The summed E-state index contributed by atoms with van der Waals surface area (Å²) in [6.45, 7) is 4.06. The lowest BCUT2D eigenvalue weighted by molar-refractivity contribution is -0.145. The summed E-state index contributed by atoms with van der Waals surface area (Å²) >= 11 is 0. The van der Waals surface area contributed by atoms with Crippen LogP contribution in [0.3, 0.4) is 0 Å². The van der Waals surface area contributed by atoms with Crippen molar-refractivity contribution in [3.05, 3.63) is 0 Å². The third kappa shape index (κ3) is 3.22. The first-order valence-electron chi connectivity index (χ1n) is 6.43. The van der Waals surface area contributed by atoms with Crippen molar-refractivity contribution in [2.24, 2.45) is 5.41 Å². The summed E-state index contributed by atoms with van der Waals surface area (Å²) < 4.78 is 5.22. The van der Waals surface area contributed by atoms with Crippen LogP contribution >= 0.6 is 0 Å². The zero-order valence-corrected chi connectivity index (χ0v) is 11.4. The molecule has 0 aromatic heterocycles. The molecule has 0 spiro atoms. The number of carboxylic acid groups (broad SMARTS) is 1. The standard InChI is InChI=1S/C13H23NO4/c1-4-12(2,18-3)11(17)14-9-13(6-5-7-13)8-10(15)16/h4-9H2,1-3H3,(H,14,17)(H,15,16). The number of carboxylic acids is 1. The molecule has 5 nitrogen and oxygen atoms in total. The highest BCUT2D eigenvalue weighted by molar-refractivity contribution is 5.84. The van der Waals surface area contributed by atoms with E-state index < -0.39 is 11.6 Å². The van der Waals surface area contributed by atoms with E-state index in [1.807, 2.05) is 6.92 Å². The van der Waals surface area contributed by atoms with Crippen molar-refractivity contribution < 1.29 is 19.4 Å². The molecule has 0 bridgehead atoms. The molecule has 18 heavy (non-hydrogen) atoms. The Kier molecular flexibility index (Phi) is 4.73. The molecule has 0 saturated heterocycles. The van der Waals surface area contributed by atoms with Crippen molar-refractivity contribution in [3.63, 3.8) is 0 Å².